The number of aromatic amines is 1. The zero-order valence-corrected chi connectivity index (χ0v) is 19.4. The lowest BCUT2D eigenvalue weighted by Gasteiger charge is -2.14. The monoisotopic (exact) mass is 462 g/mol. The zero-order valence-electron chi connectivity index (χ0n) is 19.4. The van der Waals surface area contributed by atoms with Gasteiger partial charge < -0.3 is 24.5 Å². The predicted octanol–water partition coefficient (Wildman–Crippen LogP) is 5.25. The van der Waals surface area contributed by atoms with E-state index in [1.807, 2.05) is 36.4 Å². The highest BCUT2D eigenvalue weighted by Gasteiger charge is 2.16. The summed E-state index contributed by atoms with van der Waals surface area (Å²) in [7, 11) is 4.66. The van der Waals surface area contributed by atoms with Crippen LogP contribution in [-0.4, -0.2) is 32.2 Å². The number of aryl methyl sites for hydroxylation is 1. The SMILES string of the molecule is COc1cc(CNC(=O)CCc2c(-c3ccc(F)cc3)[nH]c3ccccc23)cc(OC)c1OC. The first-order valence-corrected chi connectivity index (χ1v) is 10.9. The van der Waals surface area contributed by atoms with Gasteiger partial charge in [-0.1, -0.05) is 18.2 Å². The molecule has 0 aliphatic heterocycles. The van der Waals surface area contributed by atoms with Crippen LogP contribution in [-0.2, 0) is 17.8 Å². The number of fused-ring (bicyclic) bond motifs is 1. The smallest absolute Gasteiger partial charge is 0.220 e. The van der Waals surface area contributed by atoms with Crippen molar-refractivity contribution >= 4 is 16.8 Å². The quantitative estimate of drug-likeness (QED) is 0.356. The van der Waals surface area contributed by atoms with Crippen molar-refractivity contribution in [1.29, 1.82) is 0 Å². The Kier molecular flexibility index (Phi) is 7.01. The van der Waals surface area contributed by atoms with Crippen LogP contribution in [0.4, 0.5) is 4.39 Å². The van der Waals surface area contributed by atoms with Crippen molar-refractivity contribution in [2.45, 2.75) is 19.4 Å². The van der Waals surface area contributed by atoms with Crippen molar-refractivity contribution in [2.24, 2.45) is 0 Å². The van der Waals surface area contributed by atoms with Crippen LogP contribution in [0.3, 0.4) is 0 Å². The number of carbonyl (C=O) groups excluding carboxylic acids is 1. The van der Waals surface area contributed by atoms with Gasteiger partial charge in [-0.3, -0.25) is 4.79 Å². The number of nitrogens with one attached hydrogen (secondary N) is 2. The molecule has 1 amide bonds. The summed E-state index contributed by atoms with van der Waals surface area (Å²) in [4.78, 5) is 16.1. The number of H-pyrrole nitrogens is 1. The lowest BCUT2D eigenvalue weighted by atomic mass is 10.0. The van der Waals surface area contributed by atoms with Gasteiger partial charge in [-0.15, -0.1) is 0 Å². The molecule has 7 heteroatoms. The van der Waals surface area contributed by atoms with E-state index in [-0.39, 0.29) is 11.7 Å². The van der Waals surface area contributed by atoms with Crippen molar-refractivity contribution < 1.29 is 23.4 Å². The third kappa shape index (κ3) is 4.83. The fourth-order valence-electron chi connectivity index (χ4n) is 4.09. The zero-order chi connectivity index (χ0) is 24.1. The molecule has 0 radical (unpaired) electrons. The van der Waals surface area contributed by atoms with E-state index >= 15 is 0 Å². The van der Waals surface area contributed by atoms with Crippen LogP contribution in [0.1, 0.15) is 17.5 Å². The molecule has 2 N–H and O–H groups in total. The minimum atomic E-state index is -0.285. The van der Waals surface area contributed by atoms with Gasteiger partial charge in [0.2, 0.25) is 11.7 Å². The number of carbonyl (C=O) groups is 1. The van der Waals surface area contributed by atoms with Gasteiger partial charge in [0, 0.05) is 29.6 Å². The number of aromatic nitrogens is 1. The molecule has 6 nitrogen and oxygen atoms in total. The molecule has 0 bridgehead atoms. The summed E-state index contributed by atoms with van der Waals surface area (Å²) in [5, 5.41) is 4.02. The molecule has 3 aromatic carbocycles. The Balaban J connectivity index is 1.49. The molecule has 1 aromatic heterocycles. The van der Waals surface area contributed by atoms with Crippen molar-refractivity contribution in [1.82, 2.24) is 10.3 Å². The highest BCUT2D eigenvalue weighted by atomic mass is 19.1. The molecule has 1 heterocycles. The van der Waals surface area contributed by atoms with E-state index in [1.54, 1.807) is 33.5 Å². The average Bonchev–Trinajstić information content (AvgIpc) is 3.24. The molecule has 0 fully saturated rings. The minimum Gasteiger partial charge on any atom is -0.493 e. The molecule has 4 aromatic rings. The Morgan fingerprint density at radius 1 is 0.941 bits per heavy atom. The molecule has 0 saturated carbocycles. The summed E-state index contributed by atoms with van der Waals surface area (Å²) in [5.41, 5.74) is 4.63. The maximum Gasteiger partial charge on any atom is 0.220 e. The van der Waals surface area contributed by atoms with Crippen LogP contribution in [0.2, 0.25) is 0 Å². The van der Waals surface area contributed by atoms with Crippen molar-refractivity contribution in [3.8, 4) is 28.5 Å². The first-order chi connectivity index (χ1) is 16.5. The molecular weight excluding hydrogens is 435 g/mol. The molecule has 0 atom stereocenters. The second kappa shape index (κ2) is 10.3. The normalized spacial score (nSPS) is 10.8. The molecule has 0 spiro atoms. The first-order valence-electron chi connectivity index (χ1n) is 10.9. The Labute approximate surface area is 197 Å². The van der Waals surface area contributed by atoms with Crippen molar-refractivity contribution in [3.05, 3.63) is 77.6 Å². The molecule has 0 saturated heterocycles. The summed E-state index contributed by atoms with van der Waals surface area (Å²) in [6.07, 6.45) is 0.846. The van der Waals surface area contributed by atoms with Gasteiger partial charge in [-0.2, -0.15) is 0 Å². The van der Waals surface area contributed by atoms with Crippen molar-refractivity contribution in [3.63, 3.8) is 0 Å². The molecule has 0 aliphatic rings. The highest BCUT2D eigenvalue weighted by molar-refractivity contribution is 5.91. The number of para-hydroxylation sites is 1. The third-order valence-electron chi connectivity index (χ3n) is 5.76. The van der Waals surface area contributed by atoms with E-state index in [0.29, 0.717) is 36.6 Å². The summed E-state index contributed by atoms with van der Waals surface area (Å²) in [5.74, 6) is 1.21. The lowest BCUT2D eigenvalue weighted by Crippen LogP contribution is -2.23. The summed E-state index contributed by atoms with van der Waals surface area (Å²) >= 11 is 0. The minimum absolute atomic E-state index is 0.0795. The number of hydrogen-bond acceptors (Lipinski definition) is 4. The molecular formula is C27H27FN2O4. The number of amides is 1. The highest BCUT2D eigenvalue weighted by Crippen LogP contribution is 2.38. The summed E-state index contributed by atoms with van der Waals surface area (Å²) in [6, 6.07) is 18.0. The van der Waals surface area contributed by atoms with Gasteiger partial charge >= 0.3 is 0 Å². The lowest BCUT2D eigenvalue weighted by molar-refractivity contribution is -0.121. The summed E-state index contributed by atoms with van der Waals surface area (Å²) in [6.45, 7) is 0.328. The standard InChI is InChI=1S/C27H27FN2O4/c1-32-23-14-17(15-24(33-2)27(23)34-3)16-29-25(31)13-12-21-20-6-4-5-7-22(20)30-26(21)18-8-10-19(28)11-9-18/h4-11,14-15,30H,12-13,16H2,1-3H3,(H,29,31). The molecule has 0 aliphatic carbocycles. The van der Waals surface area contributed by atoms with Gasteiger partial charge in [0.05, 0.1) is 21.3 Å². The van der Waals surface area contributed by atoms with Gasteiger partial charge in [-0.05, 0) is 65.6 Å². The molecule has 4 rings (SSSR count). The van der Waals surface area contributed by atoms with E-state index in [4.69, 9.17) is 14.2 Å². The van der Waals surface area contributed by atoms with Gasteiger partial charge in [0.15, 0.2) is 11.5 Å². The third-order valence-corrected chi connectivity index (χ3v) is 5.76. The van der Waals surface area contributed by atoms with Gasteiger partial charge in [-0.25, -0.2) is 4.39 Å². The van der Waals surface area contributed by atoms with E-state index in [2.05, 4.69) is 10.3 Å². The average molecular weight is 463 g/mol. The van der Waals surface area contributed by atoms with Crippen LogP contribution in [0.5, 0.6) is 17.2 Å². The first kappa shape index (κ1) is 23.2. The number of halogens is 1. The predicted molar refractivity (Wildman–Crippen MR) is 130 cm³/mol. The van der Waals surface area contributed by atoms with E-state index in [9.17, 15) is 9.18 Å². The number of hydrogen-bond donors (Lipinski definition) is 2. The Hall–Kier alpha value is -4.00. The number of ether oxygens (including phenoxy) is 3. The molecule has 0 unspecified atom stereocenters. The number of rotatable bonds is 9. The van der Waals surface area contributed by atoms with Crippen LogP contribution >= 0.6 is 0 Å². The largest absolute Gasteiger partial charge is 0.493 e. The van der Waals surface area contributed by atoms with Crippen LogP contribution in [0, 0.1) is 5.82 Å². The van der Waals surface area contributed by atoms with E-state index in [1.165, 1.54) is 12.1 Å². The fraction of sp³-hybridized carbons (Fsp3) is 0.222. The van der Waals surface area contributed by atoms with Gasteiger partial charge in [0.25, 0.3) is 0 Å². The molecule has 176 valence electrons. The van der Waals surface area contributed by atoms with E-state index < -0.39 is 0 Å². The Morgan fingerprint density at radius 2 is 1.62 bits per heavy atom. The second-order valence-corrected chi connectivity index (χ2v) is 7.84. The van der Waals surface area contributed by atoms with Crippen LogP contribution < -0.4 is 19.5 Å². The van der Waals surface area contributed by atoms with Crippen LogP contribution in [0.15, 0.2) is 60.7 Å². The van der Waals surface area contributed by atoms with Crippen LogP contribution in [0.25, 0.3) is 22.2 Å². The van der Waals surface area contributed by atoms with Crippen molar-refractivity contribution in [2.75, 3.05) is 21.3 Å². The van der Waals surface area contributed by atoms with E-state index in [0.717, 1.165) is 33.3 Å². The second-order valence-electron chi connectivity index (χ2n) is 7.84. The molecule has 34 heavy (non-hydrogen) atoms. The Morgan fingerprint density at radius 3 is 2.26 bits per heavy atom. The maximum atomic E-state index is 13.4. The summed E-state index contributed by atoms with van der Waals surface area (Å²) < 4.78 is 29.5. The topological polar surface area (TPSA) is 72.6 Å². The van der Waals surface area contributed by atoms with Gasteiger partial charge in [0.1, 0.15) is 5.82 Å². The fourth-order valence-corrected chi connectivity index (χ4v) is 4.09. The number of benzene rings is 3. The Bertz CT molecular complexity index is 1270. The number of methoxy groups -OCH3 is 3. The maximum absolute atomic E-state index is 13.4.